The van der Waals surface area contributed by atoms with E-state index < -0.39 is 17.9 Å². The second-order valence-electron chi connectivity index (χ2n) is 4.69. The maximum atomic E-state index is 13.7. The molecule has 128 valence electrons. The van der Waals surface area contributed by atoms with Crippen molar-refractivity contribution in [2.45, 2.75) is 12.0 Å². The molecule has 1 atom stereocenters. The van der Waals surface area contributed by atoms with Crippen molar-refractivity contribution in [2.75, 3.05) is 12.4 Å². The van der Waals surface area contributed by atoms with Crippen LogP contribution in [0.5, 0.6) is 11.5 Å². The molecule has 0 aliphatic carbocycles. The zero-order valence-electron chi connectivity index (χ0n) is 12.4. The number of benzene rings is 2. The van der Waals surface area contributed by atoms with E-state index in [0.29, 0.717) is 18.6 Å². The molecule has 24 heavy (non-hydrogen) atoms. The van der Waals surface area contributed by atoms with Crippen LogP contribution in [-0.4, -0.2) is 25.0 Å². The number of alkyl halides is 4. The highest BCUT2D eigenvalue weighted by atomic mass is 19.4. The average Bonchev–Trinajstić information content (AvgIpc) is 2.55. The summed E-state index contributed by atoms with van der Waals surface area (Å²) in [6, 6.07) is 14.2. The van der Waals surface area contributed by atoms with E-state index in [-0.39, 0.29) is 5.69 Å². The van der Waals surface area contributed by atoms with Gasteiger partial charge in [-0.05, 0) is 36.4 Å². The molecule has 2 aromatic carbocycles. The Balaban J connectivity index is 2.07. The topological polar surface area (TPSA) is 47.6 Å². The Hall–Kier alpha value is -2.61. The largest absolute Gasteiger partial charge is 0.458 e. The fourth-order valence-corrected chi connectivity index (χ4v) is 1.78. The molecule has 0 bridgehead atoms. The summed E-state index contributed by atoms with van der Waals surface area (Å²) in [7, 11) is 0.462. The van der Waals surface area contributed by atoms with Crippen LogP contribution < -0.4 is 10.1 Å². The zero-order chi connectivity index (χ0) is 17.8. The van der Waals surface area contributed by atoms with E-state index in [2.05, 4.69) is 4.74 Å². The highest BCUT2D eigenvalue weighted by Gasteiger charge is 2.63. The predicted molar refractivity (Wildman–Crippen MR) is 78.5 cm³/mol. The minimum absolute atomic E-state index is 0.0382. The van der Waals surface area contributed by atoms with Crippen LogP contribution in [0.25, 0.3) is 0 Å². The fraction of sp³-hybridized carbons (Fsp3) is 0.188. The van der Waals surface area contributed by atoms with Gasteiger partial charge in [-0.1, -0.05) is 18.2 Å². The highest BCUT2D eigenvalue weighted by molar-refractivity contribution is 5.96. The molecule has 0 fully saturated rings. The Labute approximate surface area is 135 Å². The van der Waals surface area contributed by atoms with Crippen LogP contribution in [0.15, 0.2) is 54.6 Å². The third-order valence-corrected chi connectivity index (χ3v) is 3.03. The first kappa shape index (κ1) is 17.7. The fourth-order valence-electron chi connectivity index (χ4n) is 1.78. The average molecular weight is 343 g/mol. The minimum atomic E-state index is -5.50. The second kappa shape index (κ2) is 6.88. The van der Waals surface area contributed by atoms with Crippen molar-refractivity contribution in [3.8, 4) is 11.5 Å². The van der Waals surface area contributed by atoms with Gasteiger partial charge in [-0.15, -0.1) is 0 Å². The summed E-state index contributed by atoms with van der Waals surface area (Å²) < 4.78 is 60.6. The Kier molecular flexibility index (Phi) is 5.08. The zero-order valence-corrected chi connectivity index (χ0v) is 12.4. The summed E-state index contributed by atoms with van der Waals surface area (Å²) in [5, 5.41) is 1.82. The summed E-state index contributed by atoms with van der Waals surface area (Å²) in [6.07, 6.45) is -5.50. The molecule has 4 nitrogen and oxygen atoms in total. The number of carbonyl (C=O) groups is 1. The van der Waals surface area contributed by atoms with Gasteiger partial charge in [0.1, 0.15) is 11.5 Å². The standard InChI is InChI=1S/C16H13F4NO3/c1-23-15(17,16(18,19)20)14(22)21-11-7-9-13(10-8-11)24-12-5-3-2-4-6-12/h2-10H,1H3,(H,21,22). The van der Waals surface area contributed by atoms with Gasteiger partial charge in [0.25, 0.3) is 5.91 Å². The van der Waals surface area contributed by atoms with E-state index in [0.717, 1.165) is 0 Å². The number of nitrogens with one attached hydrogen (secondary N) is 1. The van der Waals surface area contributed by atoms with Crippen LogP contribution in [0, 0.1) is 0 Å². The van der Waals surface area contributed by atoms with E-state index in [1.54, 1.807) is 24.3 Å². The molecule has 1 unspecified atom stereocenters. The van der Waals surface area contributed by atoms with Crippen molar-refractivity contribution in [1.29, 1.82) is 0 Å². The van der Waals surface area contributed by atoms with Gasteiger partial charge < -0.3 is 14.8 Å². The van der Waals surface area contributed by atoms with E-state index in [9.17, 15) is 22.4 Å². The van der Waals surface area contributed by atoms with Crippen LogP contribution >= 0.6 is 0 Å². The van der Waals surface area contributed by atoms with Crippen LogP contribution in [0.4, 0.5) is 23.2 Å². The van der Waals surface area contributed by atoms with Gasteiger partial charge in [0, 0.05) is 12.8 Å². The summed E-state index contributed by atoms with van der Waals surface area (Å²) >= 11 is 0. The van der Waals surface area contributed by atoms with Gasteiger partial charge >= 0.3 is 12.0 Å². The summed E-state index contributed by atoms with van der Waals surface area (Å²) in [5.74, 6) is -5.43. The third kappa shape index (κ3) is 3.83. The normalized spacial score (nSPS) is 13.9. The van der Waals surface area contributed by atoms with E-state index in [1.165, 1.54) is 24.3 Å². The van der Waals surface area contributed by atoms with Crippen LogP contribution in [0.1, 0.15) is 0 Å². The third-order valence-electron chi connectivity index (χ3n) is 3.03. The number of carbonyl (C=O) groups excluding carboxylic acids is 1. The number of ether oxygens (including phenoxy) is 2. The lowest BCUT2D eigenvalue weighted by Gasteiger charge is -2.24. The summed E-state index contributed by atoms with van der Waals surface area (Å²) in [6.45, 7) is 0. The molecule has 1 amide bonds. The van der Waals surface area contributed by atoms with E-state index in [4.69, 9.17) is 4.74 Å². The molecule has 0 aromatic heterocycles. The number of anilines is 1. The Morgan fingerprint density at radius 1 is 0.917 bits per heavy atom. The Bertz CT molecular complexity index is 689. The van der Waals surface area contributed by atoms with Gasteiger partial charge in [-0.2, -0.15) is 17.6 Å². The van der Waals surface area contributed by atoms with Gasteiger partial charge in [-0.25, -0.2) is 0 Å². The smallest absolute Gasteiger partial charge is 0.457 e. The quantitative estimate of drug-likeness (QED) is 0.824. The van der Waals surface area contributed by atoms with Crippen LogP contribution in [-0.2, 0) is 9.53 Å². The Morgan fingerprint density at radius 2 is 1.46 bits per heavy atom. The number of hydrogen-bond acceptors (Lipinski definition) is 3. The predicted octanol–water partition coefficient (Wildman–Crippen LogP) is 4.29. The van der Waals surface area contributed by atoms with Crippen molar-refractivity contribution >= 4 is 11.6 Å². The number of halogens is 4. The SMILES string of the molecule is COC(F)(C(=O)Nc1ccc(Oc2ccccc2)cc1)C(F)(F)F. The van der Waals surface area contributed by atoms with Gasteiger partial charge in [0.2, 0.25) is 0 Å². The first-order valence-corrected chi connectivity index (χ1v) is 6.71. The summed E-state index contributed by atoms with van der Waals surface area (Å²) in [4.78, 5) is 11.5. The van der Waals surface area contributed by atoms with Crippen molar-refractivity contribution < 1.29 is 31.8 Å². The first-order valence-electron chi connectivity index (χ1n) is 6.71. The van der Waals surface area contributed by atoms with Gasteiger partial charge in [0.05, 0.1) is 0 Å². The lowest BCUT2D eigenvalue weighted by molar-refractivity contribution is -0.305. The maximum Gasteiger partial charge on any atom is 0.458 e. The lowest BCUT2D eigenvalue weighted by Crippen LogP contribution is -2.52. The molecule has 0 saturated heterocycles. The molecule has 2 aromatic rings. The van der Waals surface area contributed by atoms with Crippen molar-refractivity contribution in [3.05, 3.63) is 54.6 Å². The molecular weight excluding hydrogens is 330 g/mol. The lowest BCUT2D eigenvalue weighted by atomic mass is 10.2. The maximum absolute atomic E-state index is 13.7. The molecule has 2 rings (SSSR count). The minimum Gasteiger partial charge on any atom is -0.457 e. The van der Waals surface area contributed by atoms with Crippen LogP contribution in [0.2, 0.25) is 0 Å². The van der Waals surface area contributed by atoms with Crippen LogP contribution in [0.3, 0.4) is 0 Å². The molecule has 0 radical (unpaired) electrons. The monoisotopic (exact) mass is 343 g/mol. The molecule has 0 spiro atoms. The second-order valence-corrected chi connectivity index (χ2v) is 4.69. The first-order chi connectivity index (χ1) is 11.3. The highest BCUT2D eigenvalue weighted by Crippen LogP contribution is 2.35. The molecule has 0 aliphatic rings. The number of methoxy groups -OCH3 is 1. The molecule has 0 aliphatic heterocycles. The molecule has 0 heterocycles. The van der Waals surface area contributed by atoms with Gasteiger partial charge in [-0.3, -0.25) is 4.79 Å². The van der Waals surface area contributed by atoms with Crippen molar-refractivity contribution in [1.82, 2.24) is 0 Å². The van der Waals surface area contributed by atoms with E-state index in [1.807, 2.05) is 11.4 Å². The van der Waals surface area contributed by atoms with Crippen molar-refractivity contribution in [3.63, 3.8) is 0 Å². The van der Waals surface area contributed by atoms with E-state index >= 15 is 0 Å². The number of rotatable bonds is 5. The molecule has 1 N–H and O–H groups in total. The number of para-hydroxylation sites is 1. The van der Waals surface area contributed by atoms with Crippen molar-refractivity contribution in [2.24, 2.45) is 0 Å². The molecular formula is C16H13F4NO3. The molecule has 8 heteroatoms. The van der Waals surface area contributed by atoms with Gasteiger partial charge in [0.15, 0.2) is 0 Å². The summed E-state index contributed by atoms with van der Waals surface area (Å²) in [5.41, 5.74) is -0.0382. The molecule has 0 saturated carbocycles. The number of amides is 1. The Morgan fingerprint density at radius 3 is 1.96 bits per heavy atom. The number of hydrogen-bond donors (Lipinski definition) is 1.